The van der Waals surface area contributed by atoms with Crippen LogP contribution in [0.1, 0.15) is 11.1 Å². The lowest BCUT2D eigenvalue weighted by molar-refractivity contribution is 1.07. The average molecular weight is 714 g/mol. The van der Waals surface area contributed by atoms with E-state index >= 15 is 0 Å². The lowest BCUT2D eigenvalue weighted by Gasteiger charge is -2.15. The number of rotatable bonds is 7. The van der Waals surface area contributed by atoms with Crippen LogP contribution in [0, 0.1) is 22.7 Å². The molecule has 0 aliphatic rings. The van der Waals surface area contributed by atoms with Gasteiger partial charge in [-0.3, -0.25) is 0 Å². The van der Waals surface area contributed by atoms with Gasteiger partial charge in [0.05, 0.1) is 17.2 Å². The summed E-state index contributed by atoms with van der Waals surface area (Å²) in [5.74, 6) is 1.63. The summed E-state index contributed by atoms with van der Waals surface area (Å²) in [5.41, 5.74) is 11.6. The number of benzene rings is 8. The number of aromatic nitrogens is 3. The summed E-state index contributed by atoms with van der Waals surface area (Å²) in [7, 11) is 0. The van der Waals surface area contributed by atoms with Gasteiger partial charge in [0.2, 0.25) is 0 Å². The fraction of sp³-hybridized carbons (Fsp3) is 0. The Kier molecular flexibility index (Phi) is 8.94. The summed E-state index contributed by atoms with van der Waals surface area (Å²) >= 11 is 0. The van der Waals surface area contributed by atoms with Crippen molar-refractivity contribution in [3.05, 3.63) is 199 Å². The molecular formula is C51H31N5. The van der Waals surface area contributed by atoms with Crippen LogP contribution >= 0.6 is 0 Å². The van der Waals surface area contributed by atoms with Gasteiger partial charge in [0.15, 0.2) is 17.5 Å². The van der Waals surface area contributed by atoms with Crippen molar-refractivity contribution in [2.75, 3.05) is 0 Å². The molecule has 0 unspecified atom stereocenters. The van der Waals surface area contributed by atoms with E-state index in [1.165, 1.54) is 0 Å². The zero-order valence-electron chi connectivity index (χ0n) is 30.1. The predicted molar refractivity (Wildman–Crippen MR) is 225 cm³/mol. The normalized spacial score (nSPS) is 10.8. The molecule has 8 aromatic carbocycles. The molecule has 0 saturated heterocycles. The van der Waals surface area contributed by atoms with Crippen LogP contribution in [-0.2, 0) is 0 Å². The number of nitrogens with zero attached hydrogens (tertiary/aromatic N) is 5. The molecule has 0 aliphatic heterocycles. The van der Waals surface area contributed by atoms with Crippen LogP contribution in [0.5, 0.6) is 0 Å². The molecular weight excluding hydrogens is 683 g/mol. The zero-order valence-corrected chi connectivity index (χ0v) is 30.1. The fourth-order valence-corrected chi connectivity index (χ4v) is 7.26. The van der Waals surface area contributed by atoms with Crippen LogP contribution in [0.3, 0.4) is 0 Å². The van der Waals surface area contributed by atoms with E-state index in [1.807, 2.05) is 127 Å². The van der Waals surface area contributed by atoms with Crippen molar-refractivity contribution >= 4 is 10.8 Å². The highest BCUT2D eigenvalue weighted by atomic mass is 15.0. The van der Waals surface area contributed by atoms with E-state index in [4.69, 9.17) is 15.0 Å². The van der Waals surface area contributed by atoms with Crippen LogP contribution < -0.4 is 0 Å². The number of nitriles is 2. The Balaban J connectivity index is 1.17. The van der Waals surface area contributed by atoms with E-state index < -0.39 is 0 Å². The SMILES string of the molecule is N#Cc1ccc(-c2ccc(-c3ccc(-c4nc(-c5ccccc5)nc(-c5cc(-c6ccccc6)c(C#N)c(-c6ccccc6)c5)n4)cc3)c3ccccc23)cc1. The summed E-state index contributed by atoms with van der Waals surface area (Å²) in [6.45, 7) is 0. The van der Waals surface area contributed by atoms with Gasteiger partial charge in [-0.25, -0.2) is 15.0 Å². The molecule has 9 rings (SSSR count). The number of hydrogen-bond donors (Lipinski definition) is 0. The average Bonchev–Trinajstić information content (AvgIpc) is 3.29. The highest BCUT2D eigenvalue weighted by Gasteiger charge is 2.19. The smallest absolute Gasteiger partial charge is 0.164 e. The topological polar surface area (TPSA) is 86.2 Å². The number of hydrogen-bond acceptors (Lipinski definition) is 5. The Morgan fingerprint density at radius 1 is 0.304 bits per heavy atom. The van der Waals surface area contributed by atoms with Gasteiger partial charge in [0.1, 0.15) is 6.07 Å². The minimum atomic E-state index is 0.515. The highest BCUT2D eigenvalue weighted by Crippen LogP contribution is 2.39. The third-order valence-electron chi connectivity index (χ3n) is 10.0. The van der Waals surface area contributed by atoms with Crippen molar-refractivity contribution in [2.45, 2.75) is 0 Å². The molecule has 260 valence electrons. The fourth-order valence-electron chi connectivity index (χ4n) is 7.26. The first-order valence-corrected chi connectivity index (χ1v) is 18.3. The standard InChI is InChI=1S/C51H31N5/c52-32-34-20-22-37(23-21-34)42-28-29-43(45-19-11-10-18-44(42)45)38-24-26-40(27-25-38)50-54-49(39-16-8-3-9-17-39)55-51(56-50)41-30-46(35-12-4-1-5-13-35)48(33-53)47(31-41)36-14-6-2-7-15-36/h1-31H. The van der Waals surface area contributed by atoms with Gasteiger partial charge in [-0.15, -0.1) is 0 Å². The lowest BCUT2D eigenvalue weighted by atomic mass is 9.90. The second-order valence-electron chi connectivity index (χ2n) is 13.4. The van der Waals surface area contributed by atoms with Crippen LogP contribution in [0.15, 0.2) is 188 Å². The van der Waals surface area contributed by atoms with E-state index in [0.717, 1.165) is 72.0 Å². The van der Waals surface area contributed by atoms with Crippen molar-refractivity contribution < 1.29 is 0 Å². The van der Waals surface area contributed by atoms with E-state index in [-0.39, 0.29) is 0 Å². The van der Waals surface area contributed by atoms with E-state index in [1.54, 1.807) is 0 Å². The first kappa shape index (κ1) is 33.8. The van der Waals surface area contributed by atoms with E-state index in [0.29, 0.717) is 28.6 Å². The molecule has 1 aromatic heterocycles. The summed E-state index contributed by atoms with van der Waals surface area (Å²) in [6.07, 6.45) is 0. The van der Waals surface area contributed by atoms with Crippen molar-refractivity contribution in [2.24, 2.45) is 0 Å². The van der Waals surface area contributed by atoms with Gasteiger partial charge in [-0.05, 0) is 68.4 Å². The monoisotopic (exact) mass is 713 g/mol. The second-order valence-corrected chi connectivity index (χ2v) is 13.4. The van der Waals surface area contributed by atoms with Gasteiger partial charge in [-0.1, -0.05) is 164 Å². The van der Waals surface area contributed by atoms with Gasteiger partial charge in [0, 0.05) is 27.8 Å². The molecule has 0 amide bonds. The summed E-state index contributed by atoms with van der Waals surface area (Å²) in [6, 6.07) is 67.5. The molecule has 0 bridgehead atoms. The minimum absolute atomic E-state index is 0.515. The maximum absolute atomic E-state index is 10.5. The van der Waals surface area contributed by atoms with Crippen molar-refractivity contribution in [3.8, 4) is 90.8 Å². The van der Waals surface area contributed by atoms with E-state index in [9.17, 15) is 10.5 Å². The Labute approximate surface area is 325 Å². The van der Waals surface area contributed by atoms with Gasteiger partial charge in [0.25, 0.3) is 0 Å². The van der Waals surface area contributed by atoms with Gasteiger partial charge in [-0.2, -0.15) is 10.5 Å². The van der Waals surface area contributed by atoms with E-state index in [2.05, 4.69) is 72.8 Å². The molecule has 5 heteroatoms. The summed E-state index contributed by atoms with van der Waals surface area (Å²) in [4.78, 5) is 15.2. The predicted octanol–water partition coefficient (Wildman–Crippen LogP) is 12.4. The maximum atomic E-state index is 10.5. The maximum Gasteiger partial charge on any atom is 0.164 e. The molecule has 56 heavy (non-hydrogen) atoms. The lowest BCUT2D eigenvalue weighted by Crippen LogP contribution is -2.01. The van der Waals surface area contributed by atoms with Crippen LogP contribution in [-0.4, -0.2) is 15.0 Å². The molecule has 0 radical (unpaired) electrons. The summed E-state index contributed by atoms with van der Waals surface area (Å²) < 4.78 is 0. The van der Waals surface area contributed by atoms with Crippen LogP contribution in [0.4, 0.5) is 0 Å². The quantitative estimate of drug-likeness (QED) is 0.164. The Hall–Kier alpha value is -7.99. The molecule has 5 nitrogen and oxygen atoms in total. The van der Waals surface area contributed by atoms with Crippen molar-refractivity contribution in [3.63, 3.8) is 0 Å². The third kappa shape index (κ3) is 6.47. The largest absolute Gasteiger partial charge is 0.208 e. The first-order chi connectivity index (χ1) is 27.7. The molecule has 0 atom stereocenters. The first-order valence-electron chi connectivity index (χ1n) is 18.3. The van der Waals surface area contributed by atoms with Crippen molar-refractivity contribution in [1.82, 2.24) is 15.0 Å². The van der Waals surface area contributed by atoms with Crippen LogP contribution in [0.25, 0.3) is 89.4 Å². The molecule has 9 aromatic rings. The molecule has 0 fully saturated rings. The zero-order chi connectivity index (χ0) is 37.8. The molecule has 0 N–H and O–H groups in total. The Bertz CT molecular complexity index is 2880. The highest BCUT2D eigenvalue weighted by molar-refractivity contribution is 6.05. The molecule has 0 aliphatic carbocycles. The van der Waals surface area contributed by atoms with Crippen molar-refractivity contribution in [1.29, 1.82) is 10.5 Å². The Morgan fingerprint density at radius 2 is 0.661 bits per heavy atom. The molecule has 0 saturated carbocycles. The van der Waals surface area contributed by atoms with Gasteiger partial charge >= 0.3 is 0 Å². The van der Waals surface area contributed by atoms with Gasteiger partial charge < -0.3 is 0 Å². The minimum Gasteiger partial charge on any atom is -0.208 e. The molecule has 0 spiro atoms. The second kappa shape index (κ2) is 14.8. The summed E-state index contributed by atoms with van der Waals surface area (Å²) in [5, 5.41) is 22.1. The molecule has 1 heterocycles. The Morgan fingerprint density at radius 3 is 1.11 bits per heavy atom. The van der Waals surface area contributed by atoms with Crippen LogP contribution in [0.2, 0.25) is 0 Å². The third-order valence-corrected chi connectivity index (χ3v) is 10.0. The number of fused-ring (bicyclic) bond motifs is 1.